The largest absolute Gasteiger partial charge is 0.367 e. The number of likely N-dealkylation sites (tertiary alicyclic amines) is 1. The van der Waals surface area contributed by atoms with Gasteiger partial charge in [0, 0.05) is 42.0 Å². The van der Waals surface area contributed by atoms with E-state index in [1.165, 1.54) is 12.1 Å². The molecule has 7 nitrogen and oxygen atoms in total. The molecule has 2 aliphatic rings. The Labute approximate surface area is 161 Å². The van der Waals surface area contributed by atoms with Gasteiger partial charge in [-0.1, -0.05) is 30.3 Å². The third-order valence-corrected chi connectivity index (χ3v) is 5.09. The van der Waals surface area contributed by atoms with E-state index in [-0.39, 0.29) is 23.0 Å². The molecule has 0 radical (unpaired) electrons. The second-order valence-corrected chi connectivity index (χ2v) is 6.91. The summed E-state index contributed by atoms with van der Waals surface area (Å²) in [5.74, 6) is -0.465. The molecule has 28 heavy (non-hydrogen) atoms. The number of nitrogens with one attached hydrogen (secondary N) is 1. The normalized spacial score (nSPS) is 16.8. The first-order valence-electron chi connectivity index (χ1n) is 9.25. The summed E-state index contributed by atoms with van der Waals surface area (Å²) in [6, 6.07) is 12.7. The van der Waals surface area contributed by atoms with Crippen LogP contribution in [0.1, 0.15) is 40.0 Å². The van der Waals surface area contributed by atoms with Gasteiger partial charge in [0.25, 0.3) is 5.69 Å². The summed E-state index contributed by atoms with van der Waals surface area (Å²) in [4.78, 5) is 39.0. The lowest BCUT2D eigenvalue weighted by atomic mass is 9.89. The number of hydrogen-bond acceptors (Lipinski definition) is 6. The number of benzene rings is 2. The van der Waals surface area contributed by atoms with Gasteiger partial charge in [0.15, 0.2) is 0 Å². The van der Waals surface area contributed by atoms with Crippen molar-refractivity contribution in [2.24, 2.45) is 0 Å². The van der Waals surface area contributed by atoms with Crippen LogP contribution in [0.3, 0.4) is 0 Å². The zero-order valence-corrected chi connectivity index (χ0v) is 15.2. The van der Waals surface area contributed by atoms with Crippen LogP contribution < -0.4 is 5.32 Å². The van der Waals surface area contributed by atoms with Crippen molar-refractivity contribution < 1.29 is 14.5 Å². The average Bonchev–Trinajstić information content (AvgIpc) is 2.73. The molecule has 1 N–H and O–H groups in total. The summed E-state index contributed by atoms with van der Waals surface area (Å²) < 4.78 is 0. The highest BCUT2D eigenvalue weighted by atomic mass is 16.6. The van der Waals surface area contributed by atoms with Gasteiger partial charge < -0.3 is 10.2 Å². The minimum atomic E-state index is -0.492. The Balaban J connectivity index is 1.81. The Hall–Kier alpha value is -3.48. The summed E-state index contributed by atoms with van der Waals surface area (Å²) >= 11 is 0. The lowest BCUT2D eigenvalue weighted by Gasteiger charge is -2.34. The SMILES string of the molecule is O=C1C(Nc2cccc([N+](=O)[O-])c2)=C(N2CCCCC2)C(=O)c2ccccc21. The number of hydrogen-bond donors (Lipinski definition) is 1. The van der Waals surface area contributed by atoms with Gasteiger partial charge in [0.2, 0.25) is 11.6 Å². The summed E-state index contributed by atoms with van der Waals surface area (Å²) in [7, 11) is 0. The number of non-ortho nitro benzene ring substituents is 1. The van der Waals surface area contributed by atoms with Crippen molar-refractivity contribution in [2.75, 3.05) is 18.4 Å². The first-order chi connectivity index (χ1) is 13.6. The highest BCUT2D eigenvalue weighted by Crippen LogP contribution is 2.31. The van der Waals surface area contributed by atoms with Crippen LogP contribution in [0.25, 0.3) is 0 Å². The Morgan fingerprint density at radius 1 is 0.893 bits per heavy atom. The zero-order valence-electron chi connectivity index (χ0n) is 15.2. The van der Waals surface area contributed by atoms with Gasteiger partial charge in [0.05, 0.1) is 4.92 Å². The van der Waals surface area contributed by atoms with Crippen molar-refractivity contribution in [3.05, 3.63) is 81.2 Å². The number of carbonyl (C=O) groups is 2. The number of ketones is 2. The lowest BCUT2D eigenvalue weighted by molar-refractivity contribution is -0.384. The van der Waals surface area contributed by atoms with E-state index in [1.807, 2.05) is 4.90 Å². The van der Waals surface area contributed by atoms with Crippen LogP contribution in [0.4, 0.5) is 11.4 Å². The maximum absolute atomic E-state index is 13.2. The van der Waals surface area contributed by atoms with Crippen LogP contribution in [0.15, 0.2) is 59.9 Å². The maximum Gasteiger partial charge on any atom is 0.271 e. The Morgan fingerprint density at radius 3 is 2.25 bits per heavy atom. The van der Waals surface area contributed by atoms with E-state index in [1.54, 1.807) is 36.4 Å². The lowest BCUT2D eigenvalue weighted by Crippen LogP contribution is -2.39. The predicted octanol–water partition coefficient (Wildman–Crippen LogP) is 3.78. The van der Waals surface area contributed by atoms with Crippen molar-refractivity contribution in [3.8, 4) is 0 Å². The van der Waals surface area contributed by atoms with E-state index in [9.17, 15) is 19.7 Å². The highest BCUT2D eigenvalue weighted by molar-refractivity contribution is 6.27. The van der Waals surface area contributed by atoms with Gasteiger partial charge in [-0.3, -0.25) is 19.7 Å². The zero-order chi connectivity index (χ0) is 19.7. The van der Waals surface area contributed by atoms with E-state index < -0.39 is 4.92 Å². The molecule has 1 aliphatic carbocycles. The number of carbonyl (C=O) groups excluding carboxylic acids is 2. The molecule has 4 rings (SSSR count). The summed E-state index contributed by atoms with van der Waals surface area (Å²) in [6.45, 7) is 1.41. The molecule has 0 unspecified atom stereocenters. The number of nitro groups is 1. The third kappa shape index (κ3) is 3.15. The third-order valence-electron chi connectivity index (χ3n) is 5.09. The Morgan fingerprint density at radius 2 is 1.57 bits per heavy atom. The van der Waals surface area contributed by atoms with Crippen LogP contribution in [0, 0.1) is 10.1 Å². The number of rotatable bonds is 4. The number of Topliss-reactive ketones (excluding diaryl/α,β-unsaturated/α-hetero) is 2. The smallest absolute Gasteiger partial charge is 0.271 e. The van der Waals surface area contributed by atoms with Crippen LogP contribution in [-0.4, -0.2) is 34.5 Å². The van der Waals surface area contributed by atoms with E-state index >= 15 is 0 Å². The first kappa shape index (κ1) is 17.9. The first-order valence-corrected chi connectivity index (χ1v) is 9.25. The van der Waals surface area contributed by atoms with E-state index in [4.69, 9.17) is 0 Å². The number of nitro benzene ring substituents is 1. The second-order valence-electron chi connectivity index (χ2n) is 6.91. The second kappa shape index (κ2) is 7.26. The van der Waals surface area contributed by atoms with Crippen LogP contribution in [0.2, 0.25) is 0 Å². The standard InChI is InChI=1S/C21H19N3O4/c25-20-16-9-2-3-10-17(16)21(26)19(23-11-4-1-5-12-23)18(20)22-14-7-6-8-15(13-14)24(27)28/h2-3,6-10,13,22H,1,4-5,11-12H2. The number of nitrogens with zero attached hydrogens (tertiary/aromatic N) is 2. The number of piperidine rings is 1. The summed E-state index contributed by atoms with van der Waals surface area (Å²) in [5, 5.41) is 14.1. The fourth-order valence-corrected chi connectivity index (χ4v) is 3.74. The number of allylic oxidation sites excluding steroid dienone is 2. The Kier molecular flexibility index (Phi) is 4.65. The van der Waals surface area contributed by atoms with Crippen molar-refractivity contribution in [1.82, 2.24) is 4.90 Å². The van der Waals surface area contributed by atoms with E-state index in [2.05, 4.69) is 5.32 Å². The molecule has 0 saturated carbocycles. The van der Waals surface area contributed by atoms with Crippen molar-refractivity contribution in [1.29, 1.82) is 0 Å². The molecule has 142 valence electrons. The predicted molar refractivity (Wildman–Crippen MR) is 104 cm³/mol. The molecule has 0 atom stereocenters. The number of anilines is 1. The van der Waals surface area contributed by atoms with Gasteiger partial charge in [-0.15, -0.1) is 0 Å². The van der Waals surface area contributed by atoms with Gasteiger partial charge in [-0.2, -0.15) is 0 Å². The monoisotopic (exact) mass is 377 g/mol. The van der Waals surface area contributed by atoms with Crippen LogP contribution >= 0.6 is 0 Å². The molecule has 0 amide bonds. The van der Waals surface area contributed by atoms with Crippen LogP contribution in [-0.2, 0) is 0 Å². The van der Waals surface area contributed by atoms with Crippen molar-refractivity contribution in [2.45, 2.75) is 19.3 Å². The van der Waals surface area contributed by atoms with E-state index in [0.717, 1.165) is 19.3 Å². The van der Waals surface area contributed by atoms with Gasteiger partial charge in [0.1, 0.15) is 11.4 Å². The van der Waals surface area contributed by atoms with Gasteiger partial charge in [-0.05, 0) is 25.3 Å². The fourth-order valence-electron chi connectivity index (χ4n) is 3.74. The minimum absolute atomic E-state index is 0.0832. The van der Waals surface area contributed by atoms with E-state index in [0.29, 0.717) is 35.6 Å². The van der Waals surface area contributed by atoms with Gasteiger partial charge in [-0.25, -0.2) is 0 Å². The molecular weight excluding hydrogens is 358 g/mol. The average molecular weight is 377 g/mol. The molecule has 1 aliphatic heterocycles. The molecular formula is C21H19N3O4. The molecule has 2 aromatic rings. The minimum Gasteiger partial charge on any atom is -0.367 e. The van der Waals surface area contributed by atoms with Crippen molar-refractivity contribution in [3.63, 3.8) is 0 Å². The molecule has 0 bridgehead atoms. The molecule has 7 heteroatoms. The molecule has 0 spiro atoms. The number of fused-ring (bicyclic) bond motifs is 1. The Bertz CT molecular complexity index is 1010. The summed E-state index contributed by atoms with van der Waals surface area (Å²) in [5.41, 5.74) is 1.61. The molecule has 1 heterocycles. The topological polar surface area (TPSA) is 92.5 Å². The summed E-state index contributed by atoms with van der Waals surface area (Å²) in [6.07, 6.45) is 3.00. The molecule has 0 aromatic heterocycles. The maximum atomic E-state index is 13.2. The van der Waals surface area contributed by atoms with Crippen LogP contribution in [0.5, 0.6) is 0 Å². The van der Waals surface area contributed by atoms with Gasteiger partial charge >= 0.3 is 0 Å². The highest BCUT2D eigenvalue weighted by Gasteiger charge is 2.35. The molecule has 2 aromatic carbocycles. The molecule has 1 saturated heterocycles. The molecule has 1 fully saturated rings. The fraction of sp³-hybridized carbons (Fsp3) is 0.238. The quantitative estimate of drug-likeness (QED) is 0.644. The van der Waals surface area contributed by atoms with Crippen molar-refractivity contribution >= 4 is 22.9 Å².